The number of hydrogen-bond acceptors (Lipinski definition) is 5. The second-order valence-corrected chi connectivity index (χ2v) is 9.60. The Kier molecular flexibility index (Phi) is 8.24. The average molecular weight is 460 g/mol. The molecule has 0 aliphatic carbocycles. The van der Waals surface area contributed by atoms with Gasteiger partial charge in [-0.1, -0.05) is 30.3 Å². The van der Waals surface area contributed by atoms with Gasteiger partial charge < -0.3 is 15.4 Å². The van der Waals surface area contributed by atoms with Crippen molar-refractivity contribution in [3.63, 3.8) is 0 Å². The minimum Gasteiger partial charge on any atom is -0.497 e. The lowest BCUT2D eigenvalue weighted by Crippen LogP contribution is -2.43. The van der Waals surface area contributed by atoms with Crippen molar-refractivity contribution in [2.24, 2.45) is 5.92 Å². The van der Waals surface area contributed by atoms with Gasteiger partial charge in [0.1, 0.15) is 5.75 Å². The summed E-state index contributed by atoms with van der Waals surface area (Å²) in [6, 6.07) is 15.7. The van der Waals surface area contributed by atoms with Crippen LogP contribution >= 0.6 is 0 Å². The average Bonchev–Trinajstić information content (AvgIpc) is 2.83. The second kappa shape index (κ2) is 11.1. The van der Waals surface area contributed by atoms with E-state index in [4.69, 9.17) is 4.74 Å². The standard InChI is InChI=1S/C23H29N3O5S/c1-31-20-9-7-18(8-10-20)17-25-22(27)11-14-24-23(28)19-12-15-26(16-13-19)32(29,30)21-5-3-2-4-6-21/h2-10,19H,11-17H2,1H3,(H,24,28)(H,25,27). The molecule has 0 aromatic heterocycles. The van der Waals surface area contributed by atoms with Gasteiger partial charge in [-0.3, -0.25) is 9.59 Å². The molecule has 2 N–H and O–H groups in total. The smallest absolute Gasteiger partial charge is 0.243 e. The lowest BCUT2D eigenvalue weighted by atomic mass is 9.97. The highest BCUT2D eigenvalue weighted by atomic mass is 32.2. The number of carbonyl (C=O) groups is 2. The lowest BCUT2D eigenvalue weighted by molar-refractivity contribution is -0.126. The molecule has 1 heterocycles. The Bertz CT molecular complexity index is 1000. The molecule has 9 heteroatoms. The molecule has 8 nitrogen and oxygen atoms in total. The number of benzene rings is 2. The highest BCUT2D eigenvalue weighted by Crippen LogP contribution is 2.23. The first-order valence-corrected chi connectivity index (χ1v) is 12.1. The fourth-order valence-corrected chi connectivity index (χ4v) is 5.07. The molecule has 0 atom stereocenters. The van der Waals surface area contributed by atoms with Crippen LogP contribution in [0.5, 0.6) is 5.75 Å². The maximum atomic E-state index is 12.7. The molecule has 2 aromatic rings. The SMILES string of the molecule is COc1ccc(CNC(=O)CCNC(=O)C2CCN(S(=O)(=O)c3ccccc3)CC2)cc1. The summed E-state index contributed by atoms with van der Waals surface area (Å²) < 4.78 is 31.9. The van der Waals surface area contributed by atoms with E-state index < -0.39 is 10.0 Å². The Hall–Kier alpha value is -2.91. The molecule has 172 valence electrons. The predicted octanol–water partition coefficient (Wildman–Crippen LogP) is 1.92. The molecule has 1 aliphatic heterocycles. The third-order valence-corrected chi connectivity index (χ3v) is 7.42. The number of methoxy groups -OCH3 is 1. The quantitative estimate of drug-likeness (QED) is 0.596. The van der Waals surface area contributed by atoms with Crippen molar-refractivity contribution in [3.8, 4) is 5.75 Å². The fraction of sp³-hybridized carbons (Fsp3) is 0.391. The number of piperidine rings is 1. The van der Waals surface area contributed by atoms with Crippen molar-refractivity contribution in [1.29, 1.82) is 0 Å². The number of rotatable bonds is 9. The van der Waals surface area contributed by atoms with Crippen LogP contribution in [0.2, 0.25) is 0 Å². The van der Waals surface area contributed by atoms with Crippen molar-refractivity contribution < 1.29 is 22.7 Å². The molecule has 0 saturated carbocycles. The van der Waals surface area contributed by atoms with E-state index in [1.165, 1.54) is 4.31 Å². The first-order valence-electron chi connectivity index (χ1n) is 10.6. The third kappa shape index (κ3) is 6.30. The molecule has 1 aliphatic rings. The van der Waals surface area contributed by atoms with Crippen LogP contribution in [0.3, 0.4) is 0 Å². The minimum atomic E-state index is -3.53. The molecule has 2 aromatic carbocycles. The number of carbonyl (C=O) groups excluding carboxylic acids is 2. The van der Waals surface area contributed by atoms with Gasteiger partial charge in [0.05, 0.1) is 12.0 Å². The summed E-state index contributed by atoms with van der Waals surface area (Å²) in [5, 5.41) is 5.62. The predicted molar refractivity (Wildman–Crippen MR) is 120 cm³/mol. The van der Waals surface area contributed by atoms with Gasteiger partial charge in [-0.2, -0.15) is 4.31 Å². The van der Waals surface area contributed by atoms with E-state index in [1.807, 2.05) is 24.3 Å². The summed E-state index contributed by atoms with van der Waals surface area (Å²) in [5.74, 6) is 0.223. The van der Waals surface area contributed by atoms with Crippen LogP contribution in [0.25, 0.3) is 0 Å². The Balaban J connectivity index is 1.36. The largest absolute Gasteiger partial charge is 0.497 e. The van der Waals surface area contributed by atoms with Crippen LogP contribution in [0.15, 0.2) is 59.5 Å². The van der Waals surface area contributed by atoms with Gasteiger partial charge in [-0.15, -0.1) is 0 Å². The number of hydrogen-bond donors (Lipinski definition) is 2. The highest BCUT2D eigenvalue weighted by molar-refractivity contribution is 7.89. The Morgan fingerprint density at radius 3 is 2.28 bits per heavy atom. The van der Waals surface area contributed by atoms with Gasteiger partial charge in [0.25, 0.3) is 0 Å². The molecular weight excluding hydrogens is 430 g/mol. The normalized spacial score (nSPS) is 15.2. The van der Waals surface area contributed by atoms with Gasteiger partial charge in [-0.25, -0.2) is 8.42 Å². The van der Waals surface area contributed by atoms with Crippen LogP contribution in [0.4, 0.5) is 0 Å². The van der Waals surface area contributed by atoms with Crippen molar-refractivity contribution in [1.82, 2.24) is 14.9 Å². The summed E-state index contributed by atoms with van der Waals surface area (Å²) in [4.78, 5) is 24.7. The van der Waals surface area contributed by atoms with E-state index in [-0.39, 0.29) is 35.6 Å². The van der Waals surface area contributed by atoms with Crippen LogP contribution in [-0.4, -0.2) is 51.3 Å². The van der Waals surface area contributed by atoms with Gasteiger partial charge in [0.2, 0.25) is 21.8 Å². The van der Waals surface area contributed by atoms with E-state index in [1.54, 1.807) is 37.4 Å². The molecule has 0 spiro atoms. The van der Waals surface area contributed by atoms with Gasteiger partial charge in [0, 0.05) is 38.5 Å². The van der Waals surface area contributed by atoms with Crippen molar-refractivity contribution in [2.75, 3.05) is 26.7 Å². The van der Waals surface area contributed by atoms with E-state index in [0.717, 1.165) is 11.3 Å². The zero-order valence-corrected chi connectivity index (χ0v) is 18.9. The maximum absolute atomic E-state index is 12.7. The zero-order chi connectivity index (χ0) is 23.0. The Morgan fingerprint density at radius 1 is 1.00 bits per heavy atom. The zero-order valence-electron chi connectivity index (χ0n) is 18.1. The summed E-state index contributed by atoms with van der Waals surface area (Å²) in [7, 11) is -1.93. The number of nitrogens with one attached hydrogen (secondary N) is 2. The third-order valence-electron chi connectivity index (χ3n) is 5.51. The fourth-order valence-electron chi connectivity index (χ4n) is 3.58. The van der Waals surface area contributed by atoms with Crippen molar-refractivity contribution in [2.45, 2.75) is 30.7 Å². The topological polar surface area (TPSA) is 105 Å². The number of nitrogens with zero attached hydrogens (tertiary/aromatic N) is 1. The highest BCUT2D eigenvalue weighted by Gasteiger charge is 2.31. The maximum Gasteiger partial charge on any atom is 0.243 e. The van der Waals surface area contributed by atoms with Crippen LogP contribution in [-0.2, 0) is 26.2 Å². The lowest BCUT2D eigenvalue weighted by Gasteiger charge is -2.30. The molecule has 0 unspecified atom stereocenters. The summed E-state index contributed by atoms with van der Waals surface area (Å²) in [6.45, 7) is 1.26. The first-order chi connectivity index (χ1) is 15.4. The van der Waals surface area contributed by atoms with Gasteiger partial charge in [0.15, 0.2) is 0 Å². The molecule has 2 amide bonds. The number of ether oxygens (including phenoxy) is 1. The van der Waals surface area contributed by atoms with Gasteiger partial charge in [-0.05, 0) is 42.7 Å². The number of amides is 2. The monoisotopic (exact) mass is 459 g/mol. The van der Waals surface area contributed by atoms with Crippen LogP contribution in [0, 0.1) is 5.92 Å². The van der Waals surface area contributed by atoms with Crippen LogP contribution in [0.1, 0.15) is 24.8 Å². The second-order valence-electron chi connectivity index (χ2n) is 7.66. The first kappa shape index (κ1) is 23.7. The summed E-state index contributed by atoms with van der Waals surface area (Å²) in [5.41, 5.74) is 0.959. The summed E-state index contributed by atoms with van der Waals surface area (Å²) in [6.07, 6.45) is 1.10. The molecular formula is C23H29N3O5S. The molecule has 1 fully saturated rings. The van der Waals surface area contributed by atoms with Crippen LogP contribution < -0.4 is 15.4 Å². The molecule has 32 heavy (non-hydrogen) atoms. The number of sulfonamides is 1. The Labute approximate surface area is 189 Å². The van der Waals surface area contributed by atoms with E-state index in [9.17, 15) is 18.0 Å². The minimum absolute atomic E-state index is 0.135. The molecule has 3 rings (SSSR count). The molecule has 0 radical (unpaired) electrons. The summed E-state index contributed by atoms with van der Waals surface area (Å²) >= 11 is 0. The van der Waals surface area contributed by atoms with Crippen molar-refractivity contribution >= 4 is 21.8 Å². The van der Waals surface area contributed by atoms with E-state index in [0.29, 0.717) is 32.5 Å². The molecule has 1 saturated heterocycles. The van der Waals surface area contributed by atoms with Gasteiger partial charge >= 0.3 is 0 Å². The van der Waals surface area contributed by atoms with Crippen molar-refractivity contribution in [3.05, 3.63) is 60.2 Å². The van der Waals surface area contributed by atoms with E-state index in [2.05, 4.69) is 10.6 Å². The van der Waals surface area contributed by atoms with E-state index >= 15 is 0 Å². The Morgan fingerprint density at radius 2 is 1.66 bits per heavy atom. The molecule has 0 bridgehead atoms.